The van der Waals surface area contributed by atoms with E-state index in [1.807, 2.05) is 44.2 Å². The van der Waals surface area contributed by atoms with E-state index in [-0.39, 0.29) is 23.9 Å². The van der Waals surface area contributed by atoms with Gasteiger partial charge in [0.2, 0.25) is 0 Å². The zero-order valence-corrected chi connectivity index (χ0v) is 12.9. The van der Waals surface area contributed by atoms with Crippen molar-refractivity contribution in [2.24, 2.45) is 16.3 Å². The topological polar surface area (TPSA) is 90.9 Å². The number of nitrogens with two attached hydrogens (primary N) is 1. The van der Waals surface area contributed by atoms with Gasteiger partial charge in [-0.3, -0.25) is 0 Å². The molecule has 0 radical (unpaired) electrons. The molecule has 0 spiro atoms. The Morgan fingerprint density at radius 1 is 1.29 bits per heavy atom. The lowest BCUT2D eigenvalue weighted by molar-refractivity contribution is 0.243. The number of aliphatic hydroxyl groups excluding tert-OH is 1. The van der Waals surface area contributed by atoms with Crippen molar-refractivity contribution < 1.29 is 10.3 Å². The molecule has 1 rings (SSSR count). The highest BCUT2D eigenvalue weighted by atomic mass is 16.4. The first-order valence-corrected chi connectivity index (χ1v) is 7.38. The number of nitrogens with one attached hydrogen (secondary N) is 1. The van der Waals surface area contributed by atoms with Gasteiger partial charge >= 0.3 is 0 Å². The van der Waals surface area contributed by atoms with Gasteiger partial charge in [0.25, 0.3) is 0 Å². The van der Waals surface area contributed by atoms with Gasteiger partial charge in [-0.05, 0) is 24.9 Å². The summed E-state index contributed by atoms with van der Waals surface area (Å²) in [5.74, 6) is 0.271. The molecule has 0 heterocycles. The van der Waals surface area contributed by atoms with E-state index < -0.39 is 0 Å². The Labute approximate surface area is 126 Å². The number of nitrogens with zero attached hydrogens (tertiary/aromatic N) is 1. The SMILES string of the molecule is CC(C)(CCCCNC(CO)c1ccccc1)/C(N)=N/O. The molecule has 0 aliphatic rings. The Bertz CT molecular complexity index is 432. The number of unbranched alkanes of at least 4 members (excludes halogenated alkanes) is 1. The number of hydrogen-bond donors (Lipinski definition) is 4. The Kier molecular flexibility index (Phi) is 7.19. The second-order valence-corrected chi connectivity index (χ2v) is 5.93. The van der Waals surface area contributed by atoms with Crippen LogP contribution >= 0.6 is 0 Å². The molecule has 0 aliphatic carbocycles. The number of benzene rings is 1. The Morgan fingerprint density at radius 3 is 2.52 bits per heavy atom. The monoisotopic (exact) mass is 293 g/mol. The second kappa shape index (κ2) is 8.64. The predicted molar refractivity (Wildman–Crippen MR) is 85.3 cm³/mol. The summed E-state index contributed by atoms with van der Waals surface area (Å²) in [6.07, 6.45) is 2.81. The summed E-state index contributed by atoms with van der Waals surface area (Å²) in [6, 6.07) is 9.90. The van der Waals surface area contributed by atoms with Gasteiger partial charge in [-0.2, -0.15) is 0 Å². The number of aliphatic hydroxyl groups is 1. The lowest BCUT2D eigenvalue weighted by Gasteiger charge is -2.23. The van der Waals surface area contributed by atoms with Gasteiger partial charge in [-0.15, -0.1) is 0 Å². The molecule has 5 nitrogen and oxygen atoms in total. The summed E-state index contributed by atoms with van der Waals surface area (Å²) in [4.78, 5) is 0. The minimum absolute atomic E-state index is 0.0247. The summed E-state index contributed by atoms with van der Waals surface area (Å²) < 4.78 is 0. The van der Waals surface area contributed by atoms with Crippen molar-refractivity contribution in [3.05, 3.63) is 35.9 Å². The quantitative estimate of drug-likeness (QED) is 0.185. The Hall–Kier alpha value is -1.59. The molecular formula is C16H27N3O2. The summed E-state index contributed by atoms with van der Waals surface area (Å²) in [6.45, 7) is 4.85. The molecule has 21 heavy (non-hydrogen) atoms. The summed E-state index contributed by atoms with van der Waals surface area (Å²) in [5, 5.41) is 24.6. The fourth-order valence-corrected chi connectivity index (χ4v) is 2.20. The predicted octanol–water partition coefficient (Wildman–Crippen LogP) is 2.25. The van der Waals surface area contributed by atoms with Crippen LogP contribution in [-0.4, -0.2) is 29.3 Å². The molecule has 1 aromatic carbocycles. The molecule has 1 atom stereocenters. The van der Waals surface area contributed by atoms with Crippen molar-refractivity contribution >= 4 is 5.84 Å². The molecular weight excluding hydrogens is 266 g/mol. The van der Waals surface area contributed by atoms with Crippen molar-refractivity contribution in [1.82, 2.24) is 5.32 Å². The van der Waals surface area contributed by atoms with Crippen molar-refractivity contribution in [1.29, 1.82) is 0 Å². The third-order valence-electron chi connectivity index (χ3n) is 3.80. The van der Waals surface area contributed by atoms with Gasteiger partial charge in [0.15, 0.2) is 0 Å². The maximum absolute atomic E-state index is 9.45. The minimum Gasteiger partial charge on any atom is -0.409 e. The molecule has 0 aliphatic heterocycles. The molecule has 1 aromatic rings. The largest absolute Gasteiger partial charge is 0.409 e. The van der Waals surface area contributed by atoms with E-state index >= 15 is 0 Å². The van der Waals surface area contributed by atoms with E-state index in [0.29, 0.717) is 0 Å². The lowest BCUT2D eigenvalue weighted by Crippen LogP contribution is -2.32. The van der Waals surface area contributed by atoms with E-state index in [0.717, 1.165) is 31.4 Å². The van der Waals surface area contributed by atoms with Crippen molar-refractivity contribution in [3.8, 4) is 0 Å². The van der Waals surface area contributed by atoms with Crippen molar-refractivity contribution in [2.45, 2.75) is 39.2 Å². The summed E-state index contributed by atoms with van der Waals surface area (Å²) in [7, 11) is 0. The smallest absolute Gasteiger partial charge is 0.144 e. The Morgan fingerprint density at radius 2 is 1.95 bits per heavy atom. The fraction of sp³-hybridized carbons (Fsp3) is 0.562. The molecule has 118 valence electrons. The number of amidine groups is 1. The van der Waals surface area contributed by atoms with Crippen LogP contribution in [0.25, 0.3) is 0 Å². The van der Waals surface area contributed by atoms with E-state index in [1.165, 1.54) is 0 Å². The molecule has 0 saturated carbocycles. The first kappa shape index (κ1) is 17.5. The molecule has 0 bridgehead atoms. The van der Waals surface area contributed by atoms with Crippen LogP contribution in [0.15, 0.2) is 35.5 Å². The highest BCUT2D eigenvalue weighted by Crippen LogP contribution is 2.23. The van der Waals surface area contributed by atoms with Crippen LogP contribution in [0.3, 0.4) is 0 Å². The average molecular weight is 293 g/mol. The summed E-state index contributed by atoms with van der Waals surface area (Å²) in [5.41, 5.74) is 6.47. The molecule has 0 amide bonds. The maximum atomic E-state index is 9.45. The van der Waals surface area contributed by atoms with E-state index in [4.69, 9.17) is 10.9 Å². The fourth-order valence-electron chi connectivity index (χ4n) is 2.20. The van der Waals surface area contributed by atoms with E-state index in [1.54, 1.807) is 0 Å². The zero-order chi connectivity index (χ0) is 15.7. The molecule has 0 fully saturated rings. The van der Waals surface area contributed by atoms with Crippen LogP contribution in [0.2, 0.25) is 0 Å². The van der Waals surface area contributed by atoms with Gasteiger partial charge in [0.1, 0.15) is 5.84 Å². The van der Waals surface area contributed by atoms with E-state index in [9.17, 15) is 5.11 Å². The zero-order valence-electron chi connectivity index (χ0n) is 12.9. The number of rotatable bonds is 9. The van der Waals surface area contributed by atoms with Crippen molar-refractivity contribution in [2.75, 3.05) is 13.2 Å². The third kappa shape index (κ3) is 5.73. The summed E-state index contributed by atoms with van der Waals surface area (Å²) >= 11 is 0. The van der Waals surface area contributed by atoms with Crippen molar-refractivity contribution in [3.63, 3.8) is 0 Å². The van der Waals surface area contributed by atoms with Crippen LogP contribution in [-0.2, 0) is 0 Å². The first-order valence-electron chi connectivity index (χ1n) is 7.38. The van der Waals surface area contributed by atoms with Gasteiger partial charge in [-0.25, -0.2) is 0 Å². The molecule has 0 saturated heterocycles. The van der Waals surface area contributed by atoms with Crippen LogP contribution in [0.5, 0.6) is 0 Å². The van der Waals surface area contributed by atoms with Crippen LogP contribution in [0, 0.1) is 5.41 Å². The van der Waals surface area contributed by atoms with Gasteiger partial charge < -0.3 is 21.4 Å². The van der Waals surface area contributed by atoms with Crippen LogP contribution in [0.1, 0.15) is 44.7 Å². The highest BCUT2D eigenvalue weighted by Gasteiger charge is 2.22. The lowest BCUT2D eigenvalue weighted by atomic mass is 9.86. The second-order valence-electron chi connectivity index (χ2n) is 5.93. The first-order chi connectivity index (χ1) is 10.0. The van der Waals surface area contributed by atoms with Gasteiger partial charge in [0.05, 0.1) is 12.6 Å². The van der Waals surface area contributed by atoms with Crippen LogP contribution < -0.4 is 11.1 Å². The normalized spacial score (nSPS) is 14.1. The minimum atomic E-state index is -0.287. The average Bonchev–Trinajstić information content (AvgIpc) is 2.50. The molecule has 1 unspecified atom stereocenters. The molecule has 0 aromatic heterocycles. The number of hydrogen-bond acceptors (Lipinski definition) is 4. The highest BCUT2D eigenvalue weighted by molar-refractivity contribution is 5.85. The van der Waals surface area contributed by atoms with Gasteiger partial charge in [-0.1, -0.05) is 55.8 Å². The van der Waals surface area contributed by atoms with E-state index in [2.05, 4.69) is 10.5 Å². The van der Waals surface area contributed by atoms with Gasteiger partial charge in [0, 0.05) is 5.41 Å². The molecule has 5 N–H and O–H groups in total. The Balaban J connectivity index is 2.30. The third-order valence-corrected chi connectivity index (χ3v) is 3.80. The maximum Gasteiger partial charge on any atom is 0.144 e. The molecule has 5 heteroatoms. The van der Waals surface area contributed by atoms with Crippen LogP contribution in [0.4, 0.5) is 0 Å². The standard InChI is InChI=1S/C16H27N3O2/c1-16(2,15(17)19-21)10-6-7-11-18-14(12-20)13-8-4-3-5-9-13/h3-5,8-9,14,18,20-21H,6-7,10-12H2,1-2H3,(H2,17,19). The number of oxime groups is 1.